The van der Waals surface area contributed by atoms with Crippen molar-refractivity contribution in [3.8, 4) is 11.8 Å². The fraction of sp³-hybridized carbons (Fsp3) is 0.368. The van der Waals surface area contributed by atoms with Crippen LogP contribution in [0, 0.1) is 18.3 Å². The molecule has 0 radical (unpaired) electrons. The van der Waals surface area contributed by atoms with Gasteiger partial charge in [-0.05, 0) is 44.0 Å². The Morgan fingerprint density at radius 3 is 2.85 bits per heavy atom. The quantitative estimate of drug-likeness (QED) is 0.785. The molecule has 1 saturated carbocycles. The molecule has 27 heavy (non-hydrogen) atoms. The Morgan fingerprint density at radius 2 is 2.19 bits per heavy atom. The van der Waals surface area contributed by atoms with Gasteiger partial charge >= 0.3 is 0 Å². The summed E-state index contributed by atoms with van der Waals surface area (Å²) in [6.45, 7) is 1.82. The second-order valence-corrected chi connectivity index (χ2v) is 7.36. The number of amides is 1. The largest absolute Gasteiger partial charge is 0.490 e. The molecule has 1 aliphatic carbocycles. The van der Waals surface area contributed by atoms with Gasteiger partial charge in [0, 0.05) is 24.2 Å². The number of carbonyl (C=O) groups is 1. The summed E-state index contributed by atoms with van der Waals surface area (Å²) in [5.41, 5.74) is 1.43. The van der Waals surface area contributed by atoms with Gasteiger partial charge in [0.2, 0.25) is 0 Å². The molecule has 1 aromatic heterocycles. The first-order valence-corrected chi connectivity index (χ1v) is 9.39. The second kappa shape index (κ2) is 8.55. The number of hydrogen-bond donors (Lipinski definition) is 1. The van der Waals surface area contributed by atoms with Crippen molar-refractivity contribution in [2.75, 3.05) is 0 Å². The average Bonchev–Trinajstić information content (AvgIpc) is 2.68. The molecule has 0 spiro atoms. The van der Waals surface area contributed by atoms with E-state index < -0.39 is 0 Å². The Morgan fingerprint density at radius 1 is 1.37 bits per heavy atom. The van der Waals surface area contributed by atoms with Crippen LogP contribution in [0.3, 0.4) is 0 Å². The standard InChI is InChI=1S/C19H18Cl2N4O2/c1-11-17(7-4-12(10-22)18(11)21)27-13-5-6-15(14(20)9-13)24-19(26)16-3-2-8-23-25-16/h2-4,7-8,13-15H,5-6,9H2,1H3,(H,24,26)/t13-,14-,15-/m1/s1. The van der Waals surface area contributed by atoms with Gasteiger partial charge in [-0.3, -0.25) is 4.79 Å². The lowest BCUT2D eigenvalue weighted by Gasteiger charge is -2.33. The van der Waals surface area contributed by atoms with E-state index >= 15 is 0 Å². The number of halogens is 2. The maximum absolute atomic E-state index is 12.2. The third-order valence-corrected chi connectivity index (χ3v) is 5.57. The number of rotatable bonds is 4. The topological polar surface area (TPSA) is 87.9 Å². The summed E-state index contributed by atoms with van der Waals surface area (Å²) < 4.78 is 6.06. The molecule has 0 aliphatic heterocycles. The number of nitrogens with one attached hydrogen (secondary N) is 1. The molecule has 3 rings (SSSR count). The highest BCUT2D eigenvalue weighted by atomic mass is 35.5. The highest BCUT2D eigenvalue weighted by Crippen LogP contribution is 2.33. The van der Waals surface area contributed by atoms with Crippen LogP contribution in [0.5, 0.6) is 5.75 Å². The highest BCUT2D eigenvalue weighted by Gasteiger charge is 2.32. The lowest BCUT2D eigenvalue weighted by molar-refractivity contribution is 0.0891. The maximum Gasteiger partial charge on any atom is 0.272 e. The minimum absolute atomic E-state index is 0.0835. The van der Waals surface area contributed by atoms with Crippen LogP contribution in [-0.4, -0.2) is 33.6 Å². The summed E-state index contributed by atoms with van der Waals surface area (Å²) in [6.07, 6.45) is 3.45. The van der Waals surface area contributed by atoms with E-state index in [1.54, 1.807) is 24.3 Å². The highest BCUT2D eigenvalue weighted by molar-refractivity contribution is 6.32. The van der Waals surface area contributed by atoms with Gasteiger partial charge in [0.15, 0.2) is 5.69 Å². The summed E-state index contributed by atoms with van der Waals surface area (Å²) >= 11 is 12.7. The number of benzene rings is 1. The molecule has 140 valence electrons. The average molecular weight is 405 g/mol. The second-order valence-electron chi connectivity index (χ2n) is 6.42. The Hall–Kier alpha value is -2.36. The molecule has 6 nitrogen and oxygen atoms in total. The van der Waals surface area contributed by atoms with Gasteiger partial charge in [0.1, 0.15) is 17.9 Å². The van der Waals surface area contributed by atoms with Crippen LogP contribution in [0.4, 0.5) is 0 Å². The molecule has 1 amide bonds. The van der Waals surface area contributed by atoms with E-state index in [2.05, 4.69) is 21.6 Å². The van der Waals surface area contributed by atoms with E-state index in [-0.39, 0.29) is 29.1 Å². The van der Waals surface area contributed by atoms with Crippen molar-refractivity contribution in [1.29, 1.82) is 5.26 Å². The van der Waals surface area contributed by atoms with Gasteiger partial charge in [0.25, 0.3) is 5.91 Å². The summed E-state index contributed by atoms with van der Waals surface area (Å²) in [6, 6.07) is 8.57. The Balaban J connectivity index is 1.60. The van der Waals surface area contributed by atoms with Crippen molar-refractivity contribution in [3.63, 3.8) is 0 Å². The zero-order valence-electron chi connectivity index (χ0n) is 14.7. The number of nitrogens with zero attached hydrogens (tertiary/aromatic N) is 3. The van der Waals surface area contributed by atoms with Crippen LogP contribution in [0.2, 0.25) is 5.02 Å². The van der Waals surface area contributed by atoms with Crippen LogP contribution in [-0.2, 0) is 0 Å². The van der Waals surface area contributed by atoms with Crippen molar-refractivity contribution < 1.29 is 9.53 Å². The monoisotopic (exact) mass is 404 g/mol. The SMILES string of the molecule is Cc1c(O[C@@H]2CC[C@@H](NC(=O)c3cccnn3)[C@H](Cl)C2)ccc(C#N)c1Cl. The summed E-state index contributed by atoms with van der Waals surface area (Å²) in [7, 11) is 0. The number of carbonyl (C=O) groups excluding carboxylic acids is 1. The molecular weight excluding hydrogens is 387 g/mol. The molecule has 3 atom stereocenters. The van der Waals surface area contributed by atoms with Crippen LogP contribution in [0.1, 0.15) is 40.9 Å². The summed E-state index contributed by atoms with van der Waals surface area (Å²) in [5.74, 6) is 0.364. The van der Waals surface area contributed by atoms with E-state index in [0.717, 1.165) is 12.0 Å². The molecule has 1 aliphatic rings. The van der Waals surface area contributed by atoms with Crippen molar-refractivity contribution in [2.24, 2.45) is 0 Å². The molecule has 1 fully saturated rings. The van der Waals surface area contributed by atoms with E-state index in [1.165, 1.54) is 6.20 Å². The third-order valence-electron chi connectivity index (χ3n) is 4.60. The van der Waals surface area contributed by atoms with Gasteiger partial charge in [-0.1, -0.05) is 11.6 Å². The van der Waals surface area contributed by atoms with Gasteiger partial charge in [0.05, 0.1) is 16.0 Å². The molecule has 8 heteroatoms. The smallest absolute Gasteiger partial charge is 0.272 e. The first-order chi connectivity index (χ1) is 13.0. The van der Waals surface area contributed by atoms with Crippen LogP contribution in [0.15, 0.2) is 30.5 Å². The van der Waals surface area contributed by atoms with E-state index in [0.29, 0.717) is 29.2 Å². The number of aromatic nitrogens is 2. The molecule has 1 N–H and O–H groups in total. The maximum atomic E-state index is 12.2. The molecule has 0 unspecified atom stereocenters. The summed E-state index contributed by atoms with van der Waals surface area (Å²) in [5, 5.41) is 19.6. The number of ether oxygens (including phenoxy) is 1. The molecule has 1 aromatic carbocycles. The van der Waals surface area contributed by atoms with Gasteiger partial charge in [-0.25, -0.2) is 0 Å². The lowest BCUT2D eigenvalue weighted by atomic mass is 9.92. The fourth-order valence-electron chi connectivity index (χ4n) is 3.08. The Bertz CT molecular complexity index is 870. The molecule has 0 saturated heterocycles. The van der Waals surface area contributed by atoms with E-state index in [1.807, 2.05) is 6.92 Å². The van der Waals surface area contributed by atoms with Crippen molar-refractivity contribution in [1.82, 2.24) is 15.5 Å². The number of nitriles is 1. The van der Waals surface area contributed by atoms with E-state index in [4.69, 9.17) is 33.2 Å². The van der Waals surface area contributed by atoms with Crippen molar-refractivity contribution >= 4 is 29.1 Å². The minimum atomic E-state index is -0.284. The van der Waals surface area contributed by atoms with Crippen molar-refractivity contribution in [2.45, 2.75) is 43.7 Å². The normalized spacial score (nSPS) is 21.9. The Kier molecular flexibility index (Phi) is 6.15. The van der Waals surface area contributed by atoms with Crippen LogP contribution < -0.4 is 10.1 Å². The predicted octanol–water partition coefficient (Wildman–Crippen LogP) is 3.65. The van der Waals surface area contributed by atoms with Gasteiger partial charge in [-0.15, -0.1) is 16.7 Å². The number of hydrogen-bond acceptors (Lipinski definition) is 5. The zero-order chi connectivity index (χ0) is 19.4. The number of alkyl halides is 1. The van der Waals surface area contributed by atoms with Crippen LogP contribution in [0.25, 0.3) is 0 Å². The summed E-state index contributed by atoms with van der Waals surface area (Å²) in [4.78, 5) is 12.2. The lowest BCUT2D eigenvalue weighted by Crippen LogP contribution is -2.46. The van der Waals surface area contributed by atoms with Gasteiger partial charge in [-0.2, -0.15) is 10.4 Å². The third kappa shape index (κ3) is 4.49. The predicted molar refractivity (Wildman–Crippen MR) is 102 cm³/mol. The zero-order valence-corrected chi connectivity index (χ0v) is 16.2. The first kappa shape index (κ1) is 19.4. The molecule has 0 bridgehead atoms. The van der Waals surface area contributed by atoms with Gasteiger partial charge < -0.3 is 10.1 Å². The first-order valence-electron chi connectivity index (χ1n) is 8.58. The molecule has 1 heterocycles. The van der Waals surface area contributed by atoms with Crippen molar-refractivity contribution in [3.05, 3.63) is 52.3 Å². The molecule has 2 aromatic rings. The minimum Gasteiger partial charge on any atom is -0.490 e. The Labute approximate surface area is 167 Å². The molecular formula is C19H18Cl2N4O2. The fourth-order valence-corrected chi connectivity index (χ4v) is 3.66. The van der Waals surface area contributed by atoms with Crippen LogP contribution >= 0.6 is 23.2 Å². The van der Waals surface area contributed by atoms with E-state index in [9.17, 15) is 4.79 Å².